The van der Waals surface area contributed by atoms with Crippen molar-refractivity contribution < 1.29 is 9.84 Å². The summed E-state index contributed by atoms with van der Waals surface area (Å²) in [7, 11) is 4.32. The predicted molar refractivity (Wildman–Crippen MR) is 80.8 cm³/mol. The molecule has 116 valence electrons. The van der Waals surface area contributed by atoms with Crippen LogP contribution in [0.2, 0.25) is 0 Å². The van der Waals surface area contributed by atoms with Crippen molar-refractivity contribution in [3.05, 3.63) is 0 Å². The van der Waals surface area contributed by atoms with Crippen molar-refractivity contribution in [3.8, 4) is 0 Å². The van der Waals surface area contributed by atoms with E-state index in [1.54, 1.807) is 0 Å². The molecule has 3 fully saturated rings. The van der Waals surface area contributed by atoms with Gasteiger partial charge in [-0.2, -0.15) is 0 Å². The van der Waals surface area contributed by atoms with Crippen LogP contribution in [0.4, 0.5) is 0 Å². The first kappa shape index (κ1) is 14.8. The van der Waals surface area contributed by atoms with Crippen molar-refractivity contribution in [1.29, 1.82) is 0 Å². The van der Waals surface area contributed by atoms with Crippen LogP contribution in [0.5, 0.6) is 0 Å². The zero-order chi connectivity index (χ0) is 14.2. The summed E-state index contributed by atoms with van der Waals surface area (Å²) in [6.45, 7) is 0.852. The summed E-state index contributed by atoms with van der Waals surface area (Å²) in [6, 6.07) is 0. The summed E-state index contributed by atoms with van der Waals surface area (Å²) in [6.07, 6.45) is 11.9. The molecule has 1 heterocycles. The Morgan fingerprint density at radius 2 is 1.75 bits per heavy atom. The Labute approximate surface area is 123 Å². The lowest BCUT2D eigenvalue weighted by molar-refractivity contribution is -0.173. The molecule has 0 aromatic heterocycles. The Kier molecular flexibility index (Phi) is 4.13. The molecule has 1 N–H and O–H groups in total. The SMILES string of the molecule is CN(C)C1(C(O)C2CCOC3(CCC3)C2)CCCCC1. The van der Waals surface area contributed by atoms with Gasteiger partial charge in [-0.25, -0.2) is 0 Å². The van der Waals surface area contributed by atoms with E-state index in [-0.39, 0.29) is 17.2 Å². The highest BCUT2D eigenvalue weighted by atomic mass is 16.5. The first-order chi connectivity index (χ1) is 9.58. The monoisotopic (exact) mass is 281 g/mol. The van der Waals surface area contributed by atoms with E-state index in [1.807, 2.05) is 0 Å². The summed E-state index contributed by atoms with van der Waals surface area (Å²) in [4.78, 5) is 2.32. The fourth-order valence-electron chi connectivity index (χ4n) is 4.86. The summed E-state index contributed by atoms with van der Waals surface area (Å²) >= 11 is 0. The maximum atomic E-state index is 11.2. The molecule has 0 radical (unpaired) electrons. The van der Waals surface area contributed by atoms with Gasteiger partial charge >= 0.3 is 0 Å². The van der Waals surface area contributed by atoms with Gasteiger partial charge in [0.05, 0.1) is 11.7 Å². The number of ether oxygens (including phenoxy) is 1. The number of aliphatic hydroxyl groups excluding tert-OH is 1. The van der Waals surface area contributed by atoms with E-state index >= 15 is 0 Å². The number of hydrogen-bond acceptors (Lipinski definition) is 3. The van der Waals surface area contributed by atoms with E-state index in [9.17, 15) is 5.11 Å². The molecule has 1 aliphatic heterocycles. The molecule has 3 nitrogen and oxygen atoms in total. The number of rotatable bonds is 3. The first-order valence-corrected chi connectivity index (χ1v) is 8.58. The molecule has 0 aromatic carbocycles. The number of likely N-dealkylation sites (N-methyl/N-ethyl adjacent to an activating group) is 1. The summed E-state index contributed by atoms with van der Waals surface area (Å²) in [5.41, 5.74) is 0.164. The molecule has 3 heteroatoms. The molecule has 2 atom stereocenters. The van der Waals surface area contributed by atoms with Crippen LogP contribution in [0.3, 0.4) is 0 Å². The van der Waals surface area contributed by atoms with Crippen LogP contribution in [0.15, 0.2) is 0 Å². The molecule has 3 rings (SSSR count). The van der Waals surface area contributed by atoms with Crippen LogP contribution in [0, 0.1) is 5.92 Å². The van der Waals surface area contributed by atoms with Gasteiger partial charge in [-0.05, 0) is 65.0 Å². The number of hydrogen-bond donors (Lipinski definition) is 1. The second-order valence-electron chi connectivity index (χ2n) is 7.64. The topological polar surface area (TPSA) is 32.7 Å². The highest BCUT2D eigenvalue weighted by Crippen LogP contribution is 2.48. The van der Waals surface area contributed by atoms with Crippen LogP contribution < -0.4 is 0 Å². The van der Waals surface area contributed by atoms with Gasteiger partial charge in [-0.3, -0.25) is 0 Å². The van der Waals surface area contributed by atoms with Gasteiger partial charge in [0.15, 0.2) is 0 Å². The molecule has 3 aliphatic rings. The zero-order valence-corrected chi connectivity index (χ0v) is 13.2. The molecule has 2 unspecified atom stereocenters. The average molecular weight is 281 g/mol. The number of aliphatic hydroxyl groups is 1. The van der Waals surface area contributed by atoms with Gasteiger partial charge in [0.25, 0.3) is 0 Å². The largest absolute Gasteiger partial charge is 0.391 e. The molecule has 0 aromatic rings. The molecule has 1 spiro atoms. The Balaban J connectivity index is 1.73. The van der Waals surface area contributed by atoms with Crippen LogP contribution in [0.25, 0.3) is 0 Å². The van der Waals surface area contributed by atoms with Crippen molar-refractivity contribution in [2.45, 2.75) is 81.5 Å². The van der Waals surface area contributed by atoms with Gasteiger partial charge in [0.1, 0.15) is 0 Å². The normalized spacial score (nSPS) is 33.9. The standard InChI is InChI=1S/C17H31NO2/c1-18(2)17(10-4-3-5-11-17)15(19)14-7-12-20-16(13-14)8-6-9-16/h14-15,19H,3-13H2,1-2H3. The quantitative estimate of drug-likeness (QED) is 0.863. The Morgan fingerprint density at radius 3 is 2.30 bits per heavy atom. The smallest absolute Gasteiger partial charge is 0.0753 e. The predicted octanol–water partition coefficient (Wildman–Crippen LogP) is 2.96. The summed E-state index contributed by atoms with van der Waals surface area (Å²) in [5.74, 6) is 0.435. The van der Waals surface area contributed by atoms with E-state index in [0.29, 0.717) is 5.92 Å². The van der Waals surface area contributed by atoms with Crippen LogP contribution in [-0.2, 0) is 4.74 Å². The third kappa shape index (κ3) is 2.42. The molecule has 1 saturated heterocycles. The van der Waals surface area contributed by atoms with Crippen molar-refractivity contribution in [2.24, 2.45) is 5.92 Å². The van der Waals surface area contributed by atoms with Crippen LogP contribution >= 0.6 is 0 Å². The fourth-order valence-corrected chi connectivity index (χ4v) is 4.86. The van der Waals surface area contributed by atoms with Gasteiger partial charge in [-0.15, -0.1) is 0 Å². The lowest BCUT2D eigenvalue weighted by Gasteiger charge is -2.53. The van der Waals surface area contributed by atoms with E-state index in [0.717, 1.165) is 32.3 Å². The maximum Gasteiger partial charge on any atom is 0.0753 e. The van der Waals surface area contributed by atoms with Crippen molar-refractivity contribution in [2.75, 3.05) is 20.7 Å². The van der Waals surface area contributed by atoms with Crippen molar-refractivity contribution in [3.63, 3.8) is 0 Å². The number of nitrogens with zero attached hydrogens (tertiary/aromatic N) is 1. The molecule has 20 heavy (non-hydrogen) atoms. The highest BCUT2D eigenvalue weighted by molar-refractivity contribution is 5.03. The zero-order valence-electron chi connectivity index (χ0n) is 13.2. The van der Waals surface area contributed by atoms with Crippen LogP contribution in [0.1, 0.15) is 64.2 Å². The minimum Gasteiger partial charge on any atom is -0.391 e. The minimum absolute atomic E-state index is 0.0190. The minimum atomic E-state index is -0.181. The van der Waals surface area contributed by atoms with E-state index in [2.05, 4.69) is 19.0 Å². The third-order valence-corrected chi connectivity index (χ3v) is 6.40. The van der Waals surface area contributed by atoms with Gasteiger partial charge in [0.2, 0.25) is 0 Å². The van der Waals surface area contributed by atoms with Gasteiger partial charge < -0.3 is 14.7 Å². The van der Waals surface area contributed by atoms with Crippen molar-refractivity contribution >= 4 is 0 Å². The van der Waals surface area contributed by atoms with Gasteiger partial charge in [0, 0.05) is 12.1 Å². The highest BCUT2D eigenvalue weighted by Gasteiger charge is 2.50. The Hall–Kier alpha value is -0.120. The summed E-state index contributed by atoms with van der Waals surface area (Å²) in [5, 5.41) is 11.2. The second kappa shape index (κ2) is 5.58. The Morgan fingerprint density at radius 1 is 1.05 bits per heavy atom. The van der Waals surface area contributed by atoms with E-state index < -0.39 is 0 Å². The first-order valence-electron chi connectivity index (χ1n) is 8.58. The van der Waals surface area contributed by atoms with Crippen LogP contribution in [-0.4, -0.2) is 48.0 Å². The van der Waals surface area contributed by atoms with Crippen molar-refractivity contribution in [1.82, 2.24) is 4.90 Å². The third-order valence-electron chi connectivity index (χ3n) is 6.40. The summed E-state index contributed by atoms with van der Waals surface area (Å²) < 4.78 is 6.04. The van der Waals surface area contributed by atoms with Gasteiger partial charge in [-0.1, -0.05) is 19.3 Å². The molecule has 2 saturated carbocycles. The lowest BCUT2D eigenvalue weighted by Crippen LogP contribution is -2.59. The fraction of sp³-hybridized carbons (Fsp3) is 1.00. The second-order valence-corrected chi connectivity index (χ2v) is 7.64. The van der Waals surface area contributed by atoms with E-state index in [1.165, 1.54) is 38.5 Å². The molecule has 2 aliphatic carbocycles. The molecular weight excluding hydrogens is 250 g/mol. The molecule has 0 bridgehead atoms. The lowest BCUT2D eigenvalue weighted by atomic mass is 9.65. The maximum absolute atomic E-state index is 11.2. The Bertz CT molecular complexity index is 332. The average Bonchev–Trinajstić information content (AvgIpc) is 2.45. The molecular formula is C17H31NO2. The molecule has 0 amide bonds. The van der Waals surface area contributed by atoms with E-state index in [4.69, 9.17) is 4.74 Å².